The lowest BCUT2D eigenvalue weighted by molar-refractivity contribution is -0.452. The van der Waals surface area contributed by atoms with E-state index in [1.165, 1.54) is 24.3 Å². The summed E-state index contributed by atoms with van der Waals surface area (Å²) in [5.41, 5.74) is -1.60. The number of nitro groups is 2. The average Bonchev–Trinajstić information content (AvgIpc) is 2.58. The van der Waals surface area contributed by atoms with Crippen molar-refractivity contribution in [2.75, 3.05) is 0 Å². The smallest absolute Gasteiger partial charge is 0.349 e. The van der Waals surface area contributed by atoms with E-state index >= 15 is 0 Å². The van der Waals surface area contributed by atoms with Gasteiger partial charge < -0.3 is 5.11 Å². The zero-order valence-electron chi connectivity index (χ0n) is 15.0. The summed E-state index contributed by atoms with van der Waals surface area (Å²) < 4.78 is 0. The topological polar surface area (TPSA) is 124 Å². The first-order valence-electron chi connectivity index (χ1n) is 8.62. The van der Waals surface area contributed by atoms with Crippen LogP contribution in [0.2, 0.25) is 0 Å². The Labute approximate surface area is 151 Å². The summed E-state index contributed by atoms with van der Waals surface area (Å²) in [5.74, 6) is -3.56. The van der Waals surface area contributed by atoms with Crippen LogP contribution in [0.25, 0.3) is 5.70 Å². The number of carboxylic acids is 1. The second kappa shape index (κ2) is 10.3. The lowest BCUT2D eigenvalue weighted by Gasteiger charge is -2.18. The number of rotatable bonds is 11. The lowest BCUT2D eigenvalue weighted by atomic mass is 9.85. The molecule has 26 heavy (non-hydrogen) atoms. The van der Waals surface area contributed by atoms with Gasteiger partial charge in [-0.1, -0.05) is 57.7 Å². The maximum atomic E-state index is 11.8. The summed E-state index contributed by atoms with van der Waals surface area (Å²) >= 11 is 0. The molecule has 0 aliphatic rings. The van der Waals surface area contributed by atoms with E-state index in [1.807, 2.05) is 6.92 Å². The molecule has 0 saturated heterocycles. The first-order valence-corrected chi connectivity index (χ1v) is 8.62. The molecule has 8 heteroatoms. The van der Waals surface area contributed by atoms with Crippen molar-refractivity contribution in [2.45, 2.75) is 46.0 Å². The van der Waals surface area contributed by atoms with Crippen molar-refractivity contribution in [3.8, 4) is 0 Å². The minimum absolute atomic E-state index is 0.0219. The van der Waals surface area contributed by atoms with E-state index < -0.39 is 39.0 Å². The van der Waals surface area contributed by atoms with Gasteiger partial charge in [-0.25, -0.2) is 0 Å². The van der Waals surface area contributed by atoms with Crippen LogP contribution in [0.3, 0.4) is 0 Å². The van der Waals surface area contributed by atoms with Crippen molar-refractivity contribution in [3.63, 3.8) is 0 Å². The zero-order valence-corrected chi connectivity index (χ0v) is 15.0. The molecule has 0 heterocycles. The van der Waals surface area contributed by atoms with Gasteiger partial charge in [-0.05, 0) is 24.5 Å². The zero-order chi connectivity index (χ0) is 19.7. The van der Waals surface area contributed by atoms with Crippen LogP contribution in [-0.2, 0) is 4.79 Å². The predicted octanol–water partition coefficient (Wildman–Crippen LogP) is 4.22. The maximum absolute atomic E-state index is 11.8. The third-order valence-corrected chi connectivity index (χ3v) is 4.31. The second-order valence-electron chi connectivity index (χ2n) is 6.26. The molecule has 1 rings (SSSR count). The fraction of sp³-hybridized carbons (Fsp3) is 0.500. The lowest BCUT2D eigenvalue weighted by Crippen LogP contribution is -2.29. The fourth-order valence-electron chi connectivity index (χ4n) is 2.98. The average molecular weight is 364 g/mol. The third-order valence-electron chi connectivity index (χ3n) is 4.31. The Bertz CT molecular complexity index is 672. The minimum Gasteiger partial charge on any atom is -0.481 e. The fourth-order valence-corrected chi connectivity index (χ4v) is 2.98. The highest BCUT2D eigenvalue weighted by atomic mass is 16.6. The van der Waals surface area contributed by atoms with Crippen LogP contribution in [0.1, 0.15) is 51.5 Å². The van der Waals surface area contributed by atoms with E-state index in [1.54, 1.807) is 13.0 Å². The van der Waals surface area contributed by atoms with Gasteiger partial charge in [0, 0.05) is 0 Å². The third kappa shape index (κ3) is 5.65. The van der Waals surface area contributed by atoms with Crippen molar-refractivity contribution in [1.82, 2.24) is 0 Å². The minimum atomic E-state index is -1.55. The number of aliphatic carboxylic acids is 1. The normalized spacial score (nSPS) is 14.2. The van der Waals surface area contributed by atoms with Crippen molar-refractivity contribution >= 4 is 11.7 Å². The number of nitrogens with zero attached hydrogens (tertiary/aromatic N) is 2. The Morgan fingerprint density at radius 1 is 1.08 bits per heavy atom. The molecular weight excluding hydrogens is 340 g/mol. The van der Waals surface area contributed by atoms with E-state index in [0.29, 0.717) is 6.42 Å². The molecule has 0 aliphatic carbocycles. The molecule has 8 nitrogen and oxygen atoms in total. The van der Waals surface area contributed by atoms with Crippen molar-refractivity contribution in [3.05, 3.63) is 61.8 Å². The molecule has 0 aromatic heterocycles. The van der Waals surface area contributed by atoms with E-state index in [0.717, 1.165) is 25.7 Å². The molecule has 0 amide bonds. The summed E-state index contributed by atoms with van der Waals surface area (Å²) in [5, 5.41) is 32.8. The van der Waals surface area contributed by atoms with Crippen LogP contribution < -0.4 is 0 Å². The van der Waals surface area contributed by atoms with Crippen LogP contribution >= 0.6 is 0 Å². The number of unbranched alkanes of at least 4 members (excludes halogenated alkanes) is 3. The highest BCUT2D eigenvalue weighted by molar-refractivity contribution is 5.77. The Balaban J connectivity index is 3.37. The highest BCUT2D eigenvalue weighted by Crippen LogP contribution is 2.32. The second-order valence-corrected chi connectivity index (χ2v) is 6.26. The van der Waals surface area contributed by atoms with Crippen LogP contribution in [0.4, 0.5) is 0 Å². The van der Waals surface area contributed by atoms with Gasteiger partial charge in [-0.15, -0.1) is 0 Å². The first kappa shape index (κ1) is 21.3. The number of benzene rings is 1. The van der Waals surface area contributed by atoms with Gasteiger partial charge in [0.2, 0.25) is 0 Å². The predicted molar refractivity (Wildman–Crippen MR) is 96.4 cm³/mol. The summed E-state index contributed by atoms with van der Waals surface area (Å²) in [6, 6.07) is 7.39. The van der Waals surface area contributed by atoms with Crippen molar-refractivity contribution in [1.29, 1.82) is 0 Å². The first-order chi connectivity index (χ1) is 12.3. The number of hydrogen-bond acceptors (Lipinski definition) is 5. The van der Waals surface area contributed by atoms with Crippen LogP contribution in [0.15, 0.2) is 36.0 Å². The van der Waals surface area contributed by atoms with E-state index in [4.69, 9.17) is 0 Å². The molecule has 0 spiro atoms. The van der Waals surface area contributed by atoms with Crippen molar-refractivity contribution in [2.24, 2.45) is 11.8 Å². The van der Waals surface area contributed by atoms with E-state index in [9.17, 15) is 30.1 Å². The Morgan fingerprint density at radius 2 is 1.69 bits per heavy atom. The summed E-state index contributed by atoms with van der Waals surface area (Å²) in [6.45, 7) is 3.64. The SMILES string of the molecule is CCCCCCC(C)C(C(=O)O)C(=C(c1ccccc1)[N+](=O)[O-])[N+](=O)[O-]. The van der Waals surface area contributed by atoms with Gasteiger partial charge in [0.05, 0.1) is 15.4 Å². The molecule has 1 aromatic rings. The highest BCUT2D eigenvalue weighted by Gasteiger charge is 2.44. The number of carboxylic acid groups (broad SMARTS) is 1. The summed E-state index contributed by atoms with van der Waals surface area (Å²) in [7, 11) is 0. The monoisotopic (exact) mass is 364 g/mol. The van der Waals surface area contributed by atoms with Crippen LogP contribution in [0, 0.1) is 32.1 Å². The molecule has 2 unspecified atom stereocenters. The molecule has 0 aliphatic heterocycles. The molecule has 0 bridgehead atoms. The molecule has 1 N–H and O–H groups in total. The summed E-state index contributed by atoms with van der Waals surface area (Å²) in [4.78, 5) is 33.2. The molecule has 0 radical (unpaired) electrons. The number of hydrogen-bond donors (Lipinski definition) is 1. The molecule has 1 aromatic carbocycles. The van der Waals surface area contributed by atoms with Gasteiger partial charge in [0.1, 0.15) is 0 Å². The molecule has 0 fully saturated rings. The van der Waals surface area contributed by atoms with Crippen LogP contribution in [0.5, 0.6) is 0 Å². The summed E-state index contributed by atoms with van der Waals surface area (Å²) in [6.07, 6.45) is 4.07. The Morgan fingerprint density at radius 3 is 2.15 bits per heavy atom. The number of carbonyl (C=O) groups is 1. The Kier molecular flexibility index (Phi) is 8.41. The van der Waals surface area contributed by atoms with Gasteiger partial charge >= 0.3 is 17.4 Å². The van der Waals surface area contributed by atoms with Gasteiger partial charge in [-0.3, -0.25) is 25.0 Å². The molecular formula is C18H24N2O6. The van der Waals surface area contributed by atoms with Gasteiger partial charge in [0.15, 0.2) is 5.92 Å². The van der Waals surface area contributed by atoms with E-state index in [-0.39, 0.29) is 5.56 Å². The molecule has 2 atom stereocenters. The van der Waals surface area contributed by atoms with E-state index in [2.05, 4.69) is 0 Å². The quantitative estimate of drug-likeness (QED) is 0.356. The standard InChI is InChI=1S/C18H24N2O6/c1-3-4-5-7-10-13(2)15(18(21)22)17(20(25)26)16(19(23)24)14-11-8-6-9-12-14/h6,8-9,11-13,15H,3-5,7,10H2,1-2H3,(H,21,22). The largest absolute Gasteiger partial charge is 0.481 e. The molecule has 142 valence electrons. The van der Waals surface area contributed by atoms with Gasteiger partial charge in [-0.2, -0.15) is 0 Å². The molecule has 0 saturated carbocycles. The van der Waals surface area contributed by atoms with Gasteiger partial charge in [0.25, 0.3) is 0 Å². The van der Waals surface area contributed by atoms with Crippen LogP contribution in [-0.4, -0.2) is 20.9 Å². The maximum Gasteiger partial charge on any atom is 0.349 e. The Hall–Kier alpha value is -2.77. The van der Waals surface area contributed by atoms with Crippen molar-refractivity contribution < 1.29 is 19.7 Å².